The highest BCUT2D eigenvalue weighted by atomic mass is 16.5. The summed E-state index contributed by atoms with van der Waals surface area (Å²) in [5, 5.41) is 0. The number of carbonyl (C=O) groups excluding carboxylic acids is 2. The molecule has 1 unspecified atom stereocenters. The highest BCUT2D eigenvalue weighted by Gasteiger charge is 2.57. The molecular weight excluding hydrogens is 312 g/mol. The van der Waals surface area contributed by atoms with Crippen LogP contribution in [0.1, 0.15) is 56.6 Å². The summed E-state index contributed by atoms with van der Waals surface area (Å²) in [5.74, 6) is 5.10. The minimum atomic E-state index is -0.298. The maximum atomic E-state index is 12.5. The van der Waals surface area contributed by atoms with Crippen molar-refractivity contribution in [1.29, 1.82) is 0 Å². The third-order valence-corrected chi connectivity index (χ3v) is 6.89. The van der Waals surface area contributed by atoms with Gasteiger partial charge in [-0.2, -0.15) is 0 Å². The molecule has 0 saturated heterocycles. The van der Waals surface area contributed by atoms with E-state index in [1.54, 1.807) is 0 Å². The van der Waals surface area contributed by atoms with Crippen LogP contribution >= 0.6 is 0 Å². The van der Waals surface area contributed by atoms with Crippen molar-refractivity contribution in [1.82, 2.24) is 0 Å². The number of ether oxygens (including phenoxy) is 1. The summed E-state index contributed by atoms with van der Waals surface area (Å²) in [4.78, 5) is 23.8. The van der Waals surface area contributed by atoms with E-state index in [1.165, 1.54) is 18.1 Å². The molecule has 2 fully saturated rings. The molecule has 0 radical (unpaired) electrons. The van der Waals surface area contributed by atoms with Gasteiger partial charge >= 0.3 is 5.97 Å². The monoisotopic (exact) mass is 336 g/mol. The van der Waals surface area contributed by atoms with Crippen LogP contribution in [-0.4, -0.2) is 11.8 Å². The molecule has 4 rings (SSSR count). The van der Waals surface area contributed by atoms with Gasteiger partial charge in [-0.3, -0.25) is 9.59 Å². The number of Topliss-reactive ketones (excluding diaryl/α,β-unsaturated/α-hetero) is 1. The fraction of sp³-hybridized carbons (Fsp3) is 0.545. The Hall–Kier alpha value is -2.08. The zero-order valence-electron chi connectivity index (χ0n) is 14.9. The van der Waals surface area contributed by atoms with E-state index in [4.69, 9.17) is 11.2 Å². The number of hydrogen-bond acceptors (Lipinski definition) is 3. The number of carbonyl (C=O) groups is 2. The largest absolute Gasteiger partial charge is 0.427 e. The minimum absolute atomic E-state index is 0.104. The normalized spacial score (nSPS) is 36.0. The van der Waals surface area contributed by atoms with Crippen molar-refractivity contribution in [3.63, 3.8) is 0 Å². The minimum Gasteiger partial charge on any atom is -0.427 e. The molecule has 0 aromatic heterocycles. The van der Waals surface area contributed by atoms with E-state index in [0.29, 0.717) is 35.7 Å². The number of ketones is 1. The van der Waals surface area contributed by atoms with E-state index in [9.17, 15) is 9.59 Å². The maximum absolute atomic E-state index is 12.5. The van der Waals surface area contributed by atoms with Crippen LogP contribution in [0, 0.1) is 35.5 Å². The van der Waals surface area contributed by atoms with Gasteiger partial charge in [-0.15, -0.1) is 12.3 Å². The molecule has 0 N–H and O–H groups in total. The molecular formula is C22H24O3. The van der Waals surface area contributed by atoms with Crippen molar-refractivity contribution in [2.75, 3.05) is 0 Å². The predicted octanol–water partition coefficient (Wildman–Crippen LogP) is 3.90. The van der Waals surface area contributed by atoms with Gasteiger partial charge in [0.25, 0.3) is 0 Å². The maximum Gasteiger partial charge on any atom is 0.308 e. The third kappa shape index (κ3) is 2.42. The predicted molar refractivity (Wildman–Crippen MR) is 95.1 cm³/mol. The molecule has 1 aromatic carbocycles. The molecule has 25 heavy (non-hydrogen) atoms. The average molecular weight is 336 g/mol. The number of esters is 1. The van der Waals surface area contributed by atoms with Gasteiger partial charge in [-0.1, -0.05) is 13.0 Å². The van der Waals surface area contributed by atoms with Gasteiger partial charge < -0.3 is 4.74 Å². The summed E-state index contributed by atoms with van der Waals surface area (Å²) in [6.07, 6.45) is 10.5. The lowest BCUT2D eigenvalue weighted by Crippen LogP contribution is -2.46. The van der Waals surface area contributed by atoms with Gasteiger partial charge in [0.05, 0.1) is 0 Å². The van der Waals surface area contributed by atoms with Crippen molar-refractivity contribution in [2.24, 2.45) is 23.2 Å². The fourth-order valence-corrected chi connectivity index (χ4v) is 5.85. The van der Waals surface area contributed by atoms with Gasteiger partial charge in [0.2, 0.25) is 0 Å². The van der Waals surface area contributed by atoms with E-state index in [-0.39, 0.29) is 17.3 Å². The standard InChI is InChI=1S/C22H24O3/c1-4-14-12-22(3)19(9-10-20(22)24)18-7-5-15-11-16(25-13(2)23)6-8-17(15)21(14)18/h1,6,8,11,14,18-19,21H,5,7,9-10,12H2,2-3H3/t14?,18-,19-,21+,22-/m0/s1. The van der Waals surface area contributed by atoms with Crippen molar-refractivity contribution in [3.8, 4) is 18.1 Å². The Morgan fingerprint density at radius 2 is 2.12 bits per heavy atom. The Morgan fingerprint density at radius 1 is 1.32 bits per heavy atom. The molecule has 5 atom stereocenters. The average Bonchev–Trinajstić information content (AvgIpc) is 2.88. The Morgan fingerprint density at radius 3 is 2.84 bits per heavy atom. The van der Waals surface area contributed by atoms with Crippen molar-refractivity contribution in [3.05, 3.63) is 29.3 Å². The van der Waals surface area contributed by atoms with Crippen LogP contribution in [0.25, 0.3) is 0 Å². The molecule has 0 bridgehead atoms. The second-order valence-electron chi connectivity index (χ2n) is 8.15. The molecule has 130 valence electrons. The van der Waals surface area contributed by atoms with E-state index >= 15 is 0 Å². The number of fused-ring (bicyclic) bond motifs is 5. The summed E-state index contributed by atoms with van der Waals surface area (Å²) >= 11 is 0. The van der Waals surface area contributed by atoms with Crippen molar-refractivity contribution >= 4 is 11.8 Å². The molecule has 0 aliphatic heterocycles. The number of hydrogen-bond donors (Lipinski definition) is 0. The Kier molecular flexibility index (Phi) is 3.76. The lowest BCUT2D eigenvalue weighted by Gasteiger charge is -2.51. The Labute approximate surface area is 149 Å². The first-order valence-electron chi connectivity index (χ1n) is 9.24. The molecule has 3 aliphatic rings. The second kappa shape index (κ2) is 5.73. The first kappa shape index (κ1) is 16.4. The lowest BCUT2D eigenvalue weighted by molar-refractivity contribution is -0.132. The smallest absolute Gasteiger partial charge is 0.308 e. The van der Waals surface area contributed by atoms with Crippen LogP contribution in [0.4, 0.5) is 0 Å². The Balaban J connectivity index is 1.73. The fourth-order valence-electron chi connectivity index (χ4n) is 5.85. The van der Waals surface area contributed by atoms with Gasteiger partial charge in [0, 0.05) is 30.6 Å². The van der Waals surface area contributed by atoms with Crippen molar-refractivity contribution < 1.29 is 14.3 Å². The van der Waals surface area contributed by atoms with Crippen molar-refractivity contribution in [2.45, 2.75) is 51.9 Å². The Bertz CT molecular complexity index is 787. The topological polar surface area (TPSA) is 43.4 Å². The zero-order valence-corrected chi connectivity index (χ0v) is 14.9. The highest BCUT2D eigenvalue weighted by Crippen LogP contribution is 2.61. The summed E-state index contributed by atoms with van der Waals surface area (Å²) in [6.45, 7) is 3.57. The van der Waals surface area contributed by atoms with Crippen LogP contribution in [0.15, 0.2) is 18.2 Å². The SMILES string of the molecule is C#CC1C[C@]2(C)C(=O)CC[C@H]2[C@@H]2CCc3cc(OC(C)=O)ccc3[C@@H]12. The lowest BCUT2D eigenvalue weighted by atomic mass is 9.52. The van der Waals surface area contributed by atoms with E-state index in [1.807, 2.05) is 12.1 Å². The quantitative estimate of drug-likeness (QED) is 0.444. The van der Waals surface area contributed by atoms with E-state index in [2.05, 4.69) is 18.9 Å². The molecule has 2 saturated carbocycles. The summed E-state index contributed by atoms with van der Waals surface area (Å²) < 4.78 is 5.25. The summed E-state index contributed by atoms with van der Waals surface area (Å²) in [5.41, 5.74) is 2.32. The molecule has 3 nitrogen and oxygen atoms in total. The number of benzene rings is 1. The summed E-state index contributed by atoms with van der Waals surface area (Å²) in [6, 6.07) is 5.96. The molecule has 1 aromatic rings. The second-order valence-corrected chi connectivity index (χ2v) is 8.15. The number of aryl methyl sites for hydroxylation is 1. The van der Waals surface area contributed by atoms with Gasteiger partial charge in [-0.05, 0) is 60.8 Å². The van der Waals surface area contributed by atoms with Crippen LogP contribution in [0.3, 0.4) is 0 Å². The number of rotatable bonds is 1. The van der Waals surface area contributed by atoms with E-state index < -0.39 is 0 Å². The first-order valence-corrected chi connectivity index (χ1v) is 9.24. The van der Waals surface area contributed by atoms with Gasteiger partial charge in [0.1, 0.15) is 11.5 Å². The summed E-state index contributed by atoms with van der Waals surface area (Å²) in [7, 11) is 0. The zero-order chi connectivity index (χ0) is 17.8. The van der Waals surface area contributed by atoms with Crippen LogP contribution in [-0.2, 0) is 16.0 Å². The highest BCUT2D eigenvalue weighted by molar-refractivity contribution is 5.87. The molecule has 3 aliphatic carbocycles. The van der Waals surface area contributed by atoms with Crippen LogP contribution < -0.4 is 4.74 Å². The molecule has 0 spiro atoms. The number of terminal acetylenes is 1. The van der Waals surface area contributed by atoms with Crippen LogP contribution in [0.5, 0.6) is 5.75 Å². The molecule has 0 amide bonds. The first-order chi connectivity index (χ1) is 11.9. The van der Waals surface area contributed by atoms with E-state index in [0.717, 1.165) is 25.7 Å². The van der Waals surface area contributed by atoms with Gasteiger partial charge in [-0.25, -0.2) is 0 Å². The third-order valence-electron chi connectivity index (χ3n) is 6.89. The molecule has 0 heterocycles. The molecule has 3 heteroatoms. The van der Waals surface area contributed by atoms with Crippen LogP contribution in [0.2, 0.25) is 0 Å². The van der Waals surface area contributed by atoms with Gasteiger partial charge in [0.15, 0.2) is 0 Å².